The monoisotopic (exact) mass is 382 g/mol. The highest BCUT2D eigenvalue weighted by Gasteiger charge is 2.31. The lowest BCUT2D eigenvalue weighted by molar-refractivity contribution is -0.141. The van der Waals surface area contributed by atoms with Crippen LogP contribution in [0.5, 0.6) is 0 Å². The van der Waals surface area contributed by atoms with Crippen LogP contribution < -0.4 is 10.0 Å². The zero-order valence-electron chi connectivity index (χ0n) is 13.1. The number of carboxylic acid groups (broad SMARTS) is 1. The Morgan fingerprint density at radius 3 is 2.48 bits per heavy atom. The van der Waals surface area contributed by atoms with Crippen molar-refractivity contribution in [3.63, 3.8) is 0 Å². The fourth-order valence-corrected chi connectivity index (χ4v) is 2.87. The van der Waals surface area contributed by atoms with E-state index < -0.39 is 44.6 Å². The molecule has 1 rings (SSSR count). The van der Waals surface area contributed by atoms with Gasteiger partial charge in [0.25, 0.3) is 0 Å². The highest BCUT2D eigenvalue weighted by Crippen LogP contribution is 2.30. The van der Waals surface area contributed by atoms with Crippen LogP contribution in [-0.2, 0) is 25.8 Å². The Labute approximate surface area is 142 Å². The lowest BCUT2D eigenvalue weighted by atomic mass is 10.2. The van der Waals surface area contributed by atoms with E-state index in [2.05, 4.69) is 10.0 Å². The van der Waals surface area contributed by atoms with Crippen LogP contribution in [0, 0.1) is 0 Å². The van der Waals surface area contributed by atoms with Crippen LogP contribution in [0.25, 0.3) is 0 Å². The molecule has 0 aliphatic heterocycles. The lowest BCUT2D eigenvalue weighted by Gasteiger charge is -2.11. The Kier molecular flexibility index (Phi) is 6.94. The summed E-state index contributed by atoms with van der Waals surface area (Å²) in [5.74, 6) is -1.79. The van der Waals surface area contributed by atoms with E-state index in [-0.39, 0.29) is 19.4 Å². The van der Waals surface area contributed by atoms with E-state index in [1.807, 2.05) is 0 Å². The number of halogens is 3. The number of amides is 1. The van der Waals surface area contributed by atoms with Gasteiger partial charge in [0.1, 0.15) is 6.04 Å². The molecule has 0 unspecified atom stereocenters. The minimum absolute atomic E-state index is 0.0519. The second-order valence-electron chi connectivity index (χ2n) is 5.15. The van der Waals surface area contributed by atoms with Crippen LogP contribution in [0.2, 0.25) is 0 Å². The average molecular weight is 382 g/mol. The number of carbonyl (C=O) groups is 2. The third-order valence-corrected chi connectivity index (χ3v) is 4.55. The summed E-state index contributed by atoms with van der Waals surface area (Å²) in [4.78, 5) is 21.5. The molecule has 140 valence electrons. The molecule has 0 fully saturated rings. The van der Waals surface area contributed by atoms with Crippen LogP contribution in [0.1, 0.15) is 25.3 Å². The first-order valence-electron chi connectivity index (χ1n) is 7.12. The second-order valence-corrected chi connectivity index (χ2v) is 6.92. The average Bonchev–Trinajstić information content (AvgIpc) is 2.50. The summed E-state index contributed by atoms with van der Waals surface area (Å²) >= 11 is 0. The first kappa shape index (κ1) is 20.9. The summed E-state index contributed by atoms with van der Waals surface area (Å²) < 4.78 is 63.9. The van der Waals surface area contributed by atoms with Gasteiger partial charge in [-0.2, -0.15) is 13.2 Å². The quantitative estimate of drug-likeness (QED) is 0.588. The number of benzene rings is 1. The van der Waals surface area contributed by atoms with Crippen LogP contribution in [0.4, 0.5) is 13.2 Å². The van der Waals surface area contributed by atoms with Gasteiger partial charge in [0, 0.05) is 13.0 Å². The highest BCUT2D eigenvalue weighted by molar-refractivity contribution is 7.89. The summed E-state index contributed by atoms with van der Waals surface area (Å²) in [6, 6.07) is 2.21. The molecule has 0 spiro atoms. The van der Waals surface area contributed by atoms with Crippen molar-refractivity contribution in [2.75, 3.05) is 6.54 Å². The van der Waals surface area contributed by atoms with Gasteiger partial charge in [-0.25, -0.2) is 13.1 Å². The van der Waals surface area contributed by atoms with Gasteiger partial charge in [-0.1, -0.05) is 6.07 Å². The molecule has 1 atom stereocenters. The van der Waals surface area contributed by atoms with E-state index in [0.29, 0.717) is 6.07 Å². The second kappa shape index (κ2) is 8.30. The molecule has 0 saturated carbocycles. The first-order chi connectivity index (χ1) is 11.4. The zero-order chi connectivity index (χ0) is 19.3. The predicted molar refractivity (Wildman–Crippen MR) is 81.1 cm³/mol. The number of hydrogen-bond donors (Lipinski definition) is 3. The molecular weight excluding hydrogens is 365 g/mol. The van der Waals surface area contributed by atoms with Gasteiger partial charge in [0.2, 0.25) is 15.9 Å². The lowest BCUT2D eigenvalue weighted by Crippen LogP contribution is -2.38. The minimum Gasteiger partial charge on any atom is -0.480 e. The Morgan fingerprint density at radius 1 is 1.28 bits per heavy atom. The van der Waals surface area contributed by atoms with E-state index in [1.54, 1.807) is 0 Å². The van der Waals surface area contributed by atoms with Crippen LogP contribution in [0.3, 0.4) is 0 Å². The Bertz CT molecular complexity index is 734. The van der Waals surface area contributed by atoms with Gasteiger partial charge in [-0.3, -0.25) is 9.59 Å². The number of carboxylic acids is 1. The summed E-state index contributed by atoms with van der Waals surface area (Å²) in [5, 5.41) is 10.8. The number of nitrogens with one attached hydrogen (secondary N) is 2. The van der Waals surface area contributed by atoms with Gasteiger partial charge in [0.15, 0.2) is 0 Å². The molecule has 7 nitrogen and oxygen atoms in total. The largest absolute Gasteiger partial charge is 0.480 e. The zero-order valence-corrected chi connectivity index (χ0v) is 13.9. The van der Waals surface area contributed by atoms with Crippen molar-refractivity contribution in [2.24, 2.45) is 0 Å². The molecule has 0 heterocycles. The summed E-state index contributed by atoms with van der Waals surface area (Å²) in [6.45, 7) is 1.09. The number of carbonyl (C=O) groups excluding carboxylic acids is 1. The molecule has 0 saturated heterocycles. The fourth-order valence-electron chi connectivity index (χ4n) is 1.75. The Morgan fingerprint density at radius 2 is 1.92 bits per heavy atom. The highest BCUT2D eigenvalue weighted by atomic mass is 32.2. The molecule has 11 heteroatoms. The SMILES string of the molecule is C[C@H](NC(=O)CCCNS(=O)(=O)c1cccc(C(F)(F)F)c1)C(=O)O. The molecule has 1 aromatic carbocycles. The molecule has 25 heavy (non-hydrogen) atoms. The van der Waals surface area contributed by atoms with Crippen molar-refractivity contribution in [2.45, 2.75) is 36.9 Å². The maximum Gasteiger partial charge on any atom is 0.416 e. The molecule has 0 aliphatic carbocycles. The van der Waals surface area contributed by atoms with Crippen molar-refractivity contribution in [1.82, 2.24) is 10.0 Å². The first-order valence-corrected chi connectivity index (χ1v) is 8.61. The smallest absolute Gasteiger partial charge is 0.416 e. The van der Waals surface area contributed by atoms with E-state index in [0.717, 1.165) is 18.2 Å². The molecule has 1 amide bonds. The number of aliphatic carboxylic acids is 1. The maximum atomic E-state index is 12.6. The third kappa shape index (κ3) is 6.70. The van der Waals surface area contributed by atoms with Gasteiger partial charge in [-0.15, -0.1) is 0 Å². The van der Waals surface area contributed by atoms with E-state index in [4.69, 9.17) is 5.11 Å². The Balaban J connectivity index is 2.57. The summed E-state index contributed by atoms with van der Waals surface area (Å²) in [6.07, 6.45) is -4.75. The van der Waals surface area contributed by atoms with Crippen molar-refractivity contribution in [1.29, 1.82) is 0 Å². The molecule has 0 aromatic heterocycles. The number of rotatable bonds is 8. The fraction of sp³-hybridized carbons (Fsp3) is 0.429. The van der Waals surface area contributed by atoms with Crippen molar-refractivity contribution in [3.05, 3.63) is 29.8 Å². The van der Waals surface area contributed by atoms with Crippen molar-refractivity contribution >= 4 is 21.9 Å². The van der Waals surface area contributed by atoms with E-state index in [9.17, 15) is 31.2 Å². The molecular formula is C14H17F3N2O5S. The predicted octanol–water partition coefficient (Wildman–Crippen LogP) is 1.35. The van der Waals surface area contributed by atoms with Crippen LogP contribution >= 0.6 is 0 Å². The van der Waals surface area contributed by atoms with E-state index in [1.165, 1.54) is 6.92 Å². The van der Waals surface area contributed by atoms with E-state index >= 15 is 0 Å². The molecule has 0 aliphatic rings. The topological polar surface area (TPSA) is 113 Å². The maximum absolute atomic E-state index is 12.6. The van der Waals surface area contributed by atoms with Crippen LogP contribution in [-0.4, -0.2) is 38.0 Å². The van der Waals surface area contributed by atoms with Crippen molar-refractivity contribution in [3.8, 4) is 0 Å². The molecule has 0 radical (unpaired) electrons. The standard InChI is InChI=1S/C14H17F3N2O5S/c1-9(13(21)22)19-12(20)6-3-7-18-25(23,24)11-5-2-4-10(8-11)14(15,16)17/h2,4-5,8-9,18H,3,6-7H2,1H3,(H,19,20)(H,21,22)/t9-/m0/s1. The van der Waals surface area contributed by atoms with Crippen molar-refractivity contribution < 1.29 is 36.3 Å². The summed E-state index contributed by atoms with van der Waals surface area (Å²) in [7, 11) is -4.15. The Hall–Kier alpha value is -2.14. The van der Waals surface area contributed by atoms with Gasteiger partial charge in [0.05, 0.1) is 10.5 Å². The summed E-state index contributed by atoms with van der Waals surface area (Å²) in [5.41, 5.74) is -1.09. The number of hydrogen-bond acceptors (Lipinski definition) is 4. The molecule has 0 bridgehead atoms. The molecule has 3 N–H and O–H groups in total. The van der Waals surface area contributed by atoms with Gasteiger partial charge < -0.3 is 10.4 Å². The minimum atomic E-state index is -4.66. The van der Waals surface area contributed by atoms with Gasteiger partial charge >= 0.3 is 12.1 Å². The number of alkyl halides is 3. The number of sulfonamides is 1. The normalized spacial score (nSPS) is 13.3. The molecule has 1 aromatic rings. The third-order valence-electron chi connectivity index (χ3n) is 3.09. The van der Waals surface area contributed by atoms with Crippen LogP contribution in [0.15, 0.2) is 29.2 Å². The van der Waals surface area contributed by atoms with Gasteiger partial charge in [-0.05, 0) is 31.5 Å².